The van der Waals surface area contributed by atoms with Crippen molar-refractivity contribution < 1.29 is 4.39 Å². The Morgan fingerprint density at radius 2 is 2.10 bits per heavy atom. The van der Waals surface area contributed by atoms with E-state index >= 15 is 0 Å². The fourth-order valence-electron chi connectivity index (χ4n) is 2.26. The predicted molar refractivity (Wildman–Crippen MR) is 81.0 cm³/mol. The Morgan fingerprint density at radius 1 is 1.29 bits per heavy atom. The number of halogens is 1. The Labute approximate surface area is 121 Å². The lowest BCUT2D eigenvalue weighted by Gasteiger charge is -2.16. The van der Waals surface area contributed by atoms with Gasteiger partial charge in [0.25, 0.3) is 0 Å². The molecule has 5 nitrogen and oxygen atoms in total. The van der Waals surface area contributed by atoms with Crippen molar-refractivity contribution in [3.05, 3.63) is 54.2 Å². The molecule has 0 aliphatic rings. The highest BCUT2D eigenvalue weighted by Crippen LogP contribution is 2.23. The second-order valence-electron chi connectivity index (χ2n) is 4.77. The molecule has 2 N–H and O–H groups in total. The summed E-state index contributed by atoms with van der Waals surface area (Å²) in [5.74, 6) is 1.09. The third-order valence-corrected chi connectivity index (χ3v) is 3.36. The molecule has 1 atom stereocenters. The van der Waals surface area contributed by atoms with Gasteiger partial charge < -0.3 is 15.0 Å². The molecule has 6 heteroatoms. The molecule has 0 radical (unpaired) electrons. The number of fused-ring (bicyclic) bond motifs is 1. The quantitative estimate of drug-likeness (QED) is 0.773. The second-order valence-corrected chi connectivity index (χ2v) is 4.77. The average Bonchev–Trinajstić information content (AvgIpc) is 2.96. The van der Waals surface area contributed by atoms with Crippen LogP contribution in [-0.2, 0) is 0 Å². The maximum atomic E-state index is 13.8. The van der Waals surface area contributed by atoms with Crippen molar-refractivity contribution in [2.45, 2.75) is 13.0 Å². The number of nitrogens with zero attached hydrogens (tertiary/aromatic N) is 3. The molecule has 0 amide bonds. The van der Waals surface area contributed by atoms with Gasteiger partial charge in [-0.2, -0.15) is 0 Å². The van der Waals surface area contributed by atoms with Crippen LogP contribution >= 0.6 is 0 Å². The van der Waals surface area contributed by atoms with Gasteiger partial charge in [0, 0.05) is 25.0 Å². The Bertz CT molecular complexity index is 768. The summed E-state index contributed by atoms with van der Waals surface area (Å²) in [4.78, 5) is 8.74. The minimum atomic E-state index is -0.235. The van der Waals surface area contributed by atoms with Gasteiger partial charge in [0.2, 0.25) is 0 Å². The van der Waals surface area contributed by atoms with Gasteiger partial charge in [0.1, 0.15) is 11.6 Å². The van der Waals surface area contributed by atoms with Crippen LogP contribution in [0.4, 0.5) is 16.0 Å². The Kier molecular flexibility index (Phi) is 3.43. The highest BCUT2D eigenvalue weighted by Gasteiger charge is 2.14. The third kappa shape index (κ3) is 2.52. The number of hydrogen-bond donors (Lipinski definition) is 2. The molecule has 0 fully saturated rings. The van der Waals surface area contributed by atoms with Crippen molar-refractivity contribution in [1.82, 2.24) is 14.4 Å². The maximum absolute atomic E-state index is 13.8. The Morgan fingerprint density at radius 3 is 2.86 bits per heavy atom. The van der Waals surface area contributed by atoms with Crippen molar-refractivity contribution in [3.8, 4) is 0 Å². The van der Waals surface area contributed by atoms with Crippen LogP contribution in [0.25, 0.3) is 5.65 Å². The molecule has 3 aromatic rings. The van der Waals surface area contributed by atoms with Crippen LogP contribution in [0.1, 0.15) is 18.5 Å². The standard InChI is InChI=1S/C15H16FN5/c1-10(11-5-3-4-6-12(11)16)19-14-15-18-7-8-21(15)9-13(17-2)20-14/h3-10,17H,1-2H3,(H,19,20). The van der Waals surface area contributed by atoms with Crippen molar-refractivity contribution in [2.24, 2.45) is 0 Å². The lowest BCUT2D eigenvalue weighted by molar-refractivity contribution is 0.600. The van der Waals surface area contributed by atoms with Gasteiger partial charge in [-0.3, -0.25) is 0 Å². The molecule has 2 aromatic heterocycles. The molecule has 21 heavy (non-hydrogen) atoms. The summed E-state index contributed by atoms with van der Waals surface area (Å²) in [5, 5.41) is 6.23. The van der Waals surface area contributed by atoms with Crippen molar-refractivity contribution in [2.75, 3.05) is 17.7 Å². The zero-order valence-electron chi connectivity index (χ0n) is 11.8. The fraction of sp³-hybridized carbons (Fsp3) is 0.200. The summed E-state index contributed by atoms with van der Waals surface area (Å²) < 4.78 is 15.7. The number of rotatable bonds is 4. The predicted octanol–water partition coefficient (Wildman–Crippen LogP) is 3.08. The summed E-state index contributed by atoms with van der Waals surface area (Å²) in [5.41, 5.74) is 1.30. The van der Waals surface area contributed by atoms with Crippen LogP contribution in [0.3, 0.4) is 0 Å². The number of benzene rings is 1. The van der Waals surface area contributed by atoms with Crippen LogP contribution in [0, 0.1) is 5.82 Å². The van der Waals surface area contributed by atoms with Crippen molar-refractivity contribution >= 4 is 17.3 Å². The van der Waals surface area contributed by atoms with E-state index in [1.54, 1.807) is 25.4 Å². The normalized spacial score (nSPS) is 12.3. The molecule has 0 saturated carbocycles. The summed E-state index contributed by atoms with van der Waals surface area (Å²) in [7, 11) is 1.80. The van der Waals surface area contributed by atoms with Crippen LogP contribution < -0.4 is 10.6 Å². The molecule has 0 aliphatic carbocycles. The molecule has 0 spiro atoms. The van der Waals surface area contributed by atoms with Crippen LogP contribution in [-0.4, -0.2) is 21.4 Å². The minimum absolute atomic E-state index is 0.216. The molecule has 3 rings (SSSR count). The topological polar surface area (TPSA) is 54.2 Å². The average molecular weight is 285 g/mol. The molecular formula is C15H16FN5. The van der Waals surface area contributed by atoms with E-state index in [4.69, 9.17) is 0 Å². The van der Waals surface area contributed by atoms with Crippen LogP contribution in [0.15, 0.2) is 42.9 Å². The third-order valence-electron chi connectivity index (χ3n) is 3.36. The molecule has 0 saturated heterocycles. The van der Waals surface area contributed by atoms with Gasteiger partial charge in [0.05, 0.1) is 12.2 Å². The number of imidazole rings is 1. The van der Waals surface area contributed by atoms with Crippen molar-refractivity contribution in [3.63, 3.8) is 0 Å². The number of anilines is 2. The van der Waals surface area contributed by atoms with Gasteiger partial charge in [-0.05, 0) is 13.0 Å². The van der Waals surface area contributed by atoms with Crippen LogP contribution in [0.2, 0.25) is 0 Å². The minimum Gasteiger partial charge on any atom is -0.372 e. The number of hydrogen-bond acceptors (Lipinski definition) is 4. The van der Waals surface area contributed by atoms with E-state index < -0.39 is 0 Å². The zero-order chi connectivity index (χ0) is 14.8. The van der Waals surface area contributed by atoms with Crippen LogP contribution in [0.5, 0.6) is 0 Å². The largest absolute Gasteiger partial charge is 0.372 e. The van der Waals surface area contributed by atoms with Gasteiger partial charge in [-0.25, -0.2) is 14.4 Å². The van der Waals surface area contributed by atoms with E-state index in [1.165, 1.54) is 6.07 Å². The van der Waals surface area contributed by atoms with E-state index in [1.807, 2.05) is 29.8 Å². The van der Waals surface area contributed by atoms with E-state index in [2.05, 4.69) is 20.6 Å². The Balaban J connectivity index is 1.97. The first-order valence-electron chi connectivity index (χ1n) is 6.71. The molecular weight excluding hydrogens is 269 g/mol. The maximum Gasteiger partial charge on any atom is 0.180 e. The van der Waals surface area contributed by atoms with Gasteiger partial charge in [0.15, 0.2) is 11.5 Å². The summed E-state index contributed by atoms with van der Waals surface area (Å²) in [6.45, 7) is 1.89. The SMILES string of the molecule is CNc1cn2ccnc2c(NC(C)c2ccccc2F)n1. The lowest BCUT2D eigenvalue weighted by atomic mass is 10.1. The summed E-state index contributed by atoms with van der Waals surface area (Å²) >= 11 is 0. The second kappa shape index (κ2) is 5.40. The summed E-state index contributed by atoms with van der Waals surface area (Å²) in [6, 6.07) is 6.50. The molecule has 1 unspecified atom stereocenters. The first-order chi connectivity index (χ1) is 10.2. The molecule has 1 aromatic carbocycles. The highest BCUT2D eigenvalue weighted by molar-refractivity contribution is 5.66. The fourth-order valence-corrected chi connectivity index (χ4v) is 2.26. The first kappa shape index (κ1) is 13.4. The van der Waals surface area contributed by atoms with Gasteiger partial charge >= 0.3 is 0 Å². The van der Waals surface area contributed by atoms with Gasteiger partial charge in [-0.15, -0.1) is 0 Å². The molecule has 0 bridgehead atoms. The van der Waals surface area contributed by atoms with E-state index in [0.29, 0.717) is 22.8 Å². The number of aromatic nitrogens is 3. The summed E-state index contributed by atoms with van der Waals surface area (Å²) in [6.07, 6.45) is 5.40. The lowest BCUT2D eigenvalue weighted by Crippen LogP contribution is -2.12. The van der Waals surface area contributed by atoms with Gasteiger partial charge in [-0.1, -0.05) is 18.2 Å². The highest BCUT2D eigenvalue weighted by atomic mass is 19.1. The van der Waals surface area contributed by atoms with Crippen molar-refractivity contribution in [1.29, 1.82) is 0 Å². The van der Waals surface area contributed by atoms with E-state index in [0.717, 1.165) is 0 Å². The monoisotopic (exact) mass is 285 g/mol. The zero-order valence-corrected chi connectivity index (χ0v) is 11.8. The molecule has 2 heterocycles. The van der Waals surface area contributed by atoms with E-state index in [9.17, 15) is 4.39 Å². The molecule has 0 aliphatic heterocycles. The molecule has 108 valence electrons. The first-order valence-corrected chi connectivity index (χ1v) is 6.71. The van der Waals surface area contributed by atoms with E-state index in [-0.39, 0.29) is 11.9 Å². The smallest absolute Gasteiger partial charge is 0.180 e. The number of nitrogens with one attached hydrogen (secondary N) is 2. The Hall–Kier alpha value is -2.63.